The van der Waals surface area contributed by atoms with E-state index in [4.69, 9.17) is 4.74 Å². The zero-order valence-electron chi connectivity index (χ0n) is 20.7. The number of nitrogens with zero attached hydrogens (tertiary/aromatic N) is 2. The molecule has 6 amide bonds. The molecule has 1 atom stereocenters. The van der Waals surface area contributed by atoms with Crippen LogP contribution in [0.25, 0.3) is 0 Å². The second kappa shape index (κ2) is 11.4. The Kier molecular flexibility index (Phi) is 8.04. The molecular weight excluding hydrogens is 482 g/mol. The number of piperidine rings is 2. The quantitative estimate of drug-likeness (QED) is 0.344. The Hall–Kier alpha value is -3.96. The normalized spacial score (nSPS) is 20.0. The van der Waals surface area contributed by atoms with E-state index in [0.717, 1.165) is 17.7 Å². The number of likely N-dealkylation sites (tertiary alicyclic amines) is 1. The first-order chi connectivity index (χ1) is 17.8. The molecule has 2 fully saturated rings. The fraction of sp³-hybridized carbons (Fsp3) is 0.520. The highest BCUT2D eigenvalue weighted by Crippen LogP contribution is 2.32. The Morgan fingerprint density at radius 3 is 2.54 bits per heavy atom. The van der Waals surface area contributed by atoms with Gasteiger partial charge in [0.1, 0.15) is 6.04 Å². The Morgan fingerprint density at radius 1 is 1.08 bits per heavy atom. The molecule has 0 aromatic heterocycles. The van der Waals surface area contributed by atoms with E-state index in [1.165, 1.54) is 6.07 Å². The average molecular weight is 514 g/mol. The Labute approximate surface area is 214 Å². The van der Waals surface area contributed by atoms with Crippen LogP contribution in [-0.4, -0.2) is 83.8 Å². The van der Waals surface area contributed by atoms with Gasteiger partial charge in [0.2, 0.25) is 17.7 Å². The summed E-state index contributed by atoms with van der Waals surface area (Å²) in [6, 6.07) is 3.58. The highest BCUT2D eigenvalue weighted by molar-refractivity contribution is 6.25. The van der Waals surface area contributed by atoms with Crippen LogP contribution in [0.4, 0.5) is 10.5 Å². The molecule has 2 saturated heterocycles. The van der Waals surface area contributed by atoms with E-state index in [1.807, 2.05) is 6.92 Å². The van der Waals surface area contributed by atoms with E-state index in [9.17, 15) is 28.8 Å². The number of nitrogens with one attached hydrogen (secondary N) is 3. The summed E-state index contributed by atoms with van der Waals surface area (Å²) in [6.07, 6.45) is 2.62. The lowest BCUT2D eigenvalue weighted by molar-refractivity contribution is -0.136. The predicted octanol–water partition coefficient (Wildman–Crippen LogP) is 1.02. The Morgan fingerprint density at radius 2 is 1.84 bits per heavy atom. The van der Waals surface area contributed by atoms with Crippen LogP contribution in [0.3, 0.4) is 0 Å². The summed E-state index contributed by atoms with van der Waals surface area (Å²) >= 11 is 0. The maximum absolute atomic E-state index is 13.2. The highest BCUT2D eigenvalue weighted by atomic mass is 16.5. The molecule has 12 nitrogen and oxygen atoms in total. The number of amides is 6. The molecule has 0 bridgehead atoms. The largest absolute Gasteiger partial charge is 0.450 e. The van der Waals surface area contributed by atoms with Crippen molar-refractivity contribution in [2.24, 2.45) is 0 Å². The van der Waals surface area contributed by atoms with Gasteiger partial charge >= 0.3 is 6.09 Å². The minimum atomic E-state index is -1.06. The molecule has 3 N–H and O–H groups in total. The summed E-state index contributed by atoms with van der Waals surface area (Å²) in [5.74, 6) is -2.54. The molecule has 1 aromatic carbocycles. The number of anilines is 1. The maximum atomic E-state index is 13.2. The van der Waals surface area contributed by atoms with Gasteiger partial charge in [-0.25, -0.2) is 4.79 Å². The van der Waals surface area contributed by atoms with Crippen molar-refractivity contribution < 1.29 is 33.5 Å². The second-order valence-corrected chi connectivity index (χ2v) is 9.32. The summed E-state index contributed by atoms with van der Waals surface area (Å²) < 4.78 is 5.12. The molecular formula is C25H31N5O7. The average Bonchev–Trinajstić information content (AvgIpc) is 3.13. The number of benzene rings is 1. The number of imide groups is 2. The van der Waals surface area contributed by atoms with E-state index < -0.39 is 35.8 Å². The number of hydrogen-bond donors (Lipinski definition) is 3. The van der Waals surface area contributed by atoms with Crippen LogP contribution in [0.5, 0.6) is 0 Å². The molecule has 37 heavy (non-hydrogen) atoms. The topological polar surface area (TPSA) is 154 Å². The smallest absolute Gasteiger partial charge is 0.407 e. The van der Waals surface area contributed by atoms with Crippen LogP contribution in [-0.2, 0) is 19.1 Å². The Bertz CT molecular complexity index is 1110. The lowest BCUT2D eigenvalue weighted by Gasteiger charge is -2.32. The van der Waals surface area contributed by atoms with Gasteiger partial charge in [0.05, 0.1) is 24.3 Å². The number of alkyl carbamates (subject to hydrolysis) is 1. The first kappa shape index (κ1) is 26.1. The van der Waals surface area contributed by atoms with Crippen molar-refractivity contribution >= 4 is 41.3 Å². The minimum absolute atomic E-state index is 0.0374. The van der Waals surface area contributed by atoms with Crippen molar-refractivity contribution in [3.8, 4) is 0 Å². The third kappa shape index (κ3) is 5.73. The fourth-order valence-corrected chi connectivity index (χ4v) is 4.74. The van der Waals surface area contributed by atoms with Crippen molar-refractivity contribution in [3.05, 3.63) is 29.3 Å². The van der Waals surface area contributed by atoms with Crippen LogP contribution in [0.15, 0.2) is 18.2 Å². The molecule has 12 heteroatoms. The highest BCUT2D eigenvalue weighted by Gasteiger charge is 2.45. The lowest BCUT2D eigenvalue weighted by Crippen LogP contribution is -2.54. The van der Waals surface area contributed by atoms with Gasteiger partial charge < -0.3 is 20.3 Å². The molecule has 1 unspecified atom stereocenters. The summed E-state index contributed by atoms with van der Waals surface area (Å²) in [5, 5.41) is 7.97. The van der Waals surface area contributed by atoms with Crippen LogP contribution < -0.4 is 16.0 Å². The van der Waals surface area contributed by atoms with Gasteiger partial charge in [-0.2, -0.15) is 0 Å². The number of unbranched alkanes of at least 4 members (excludes halogenated alkanes) is 1. The van der Waals surface area contributed by atoms with Gasteiger partial charge in [0.25, 0.3) is 11.8 Å². The molecule has 3 heterocycles. The predicted molar refractivity (Wildman–Crippen MR) is 131 cm³/mol. The lowest BCUT2D eigenvalue weighted by atomic mass is 10.0. The van der Waals surface area contributed by atoms with E-state index in [2.05, 4.69) is 16.0 Å². The van der Waals surface area contributed by atoms with Crippen LogP contribution >= 0.6 is 0 Å². The minimum Gasteiger partial charge on any atom is -0.450 e. The first-order valence-corrected chi connectivity index (χ1v) is 12.6. The van der Waals surface area contributed by atoms with Crippen LogP contribution in [0.1, 0.15) is 66.2 Å². The van der Waals surface area contributed by atoms with Gasteiger partial charge in [-0.1, -0.05) is 19.4 Å². The number of carbonyl (C=O) groups is 6. The van der Waals surface area contributed by atoms with Crippen molar-refractivity contribution in [2.75, 3.05) is 31.6 Å². The van der Waals surface area contributed by atoms with Gasteiger partial charge in [0.15, 0.2) is 0 Å². The molecule has 1 aromatic rings. The third-order valence-corrected chi connectivity index (χ3v) is 6.80. The van der Waals surface area contributed by atoms with Crippen LogP contribution in [0.2, 0.25) is 0 Å². The van der Waals surface area contributed by atoms with Crippen molar-refractivity contribution in [1.82, 2.24) is 20.4 Å². The van der Waals surface area contributed by atoms with Gasteiger partial charge in [-0.15, -0.1) is 0 Å². The van der Waals surface area contributed by atoms with Gasteiger partial charge in [-0.3, -0.25) is 34.2 Å². The van der Waals surface area contributed by atoms with Crippen molar-refractivity contribution in [2.45, 2.75) is 57.5 Å². The van der Waals surface area contributed by atoms with E-state index >= 15 is 0 Å². The molecule has 0 radical (unpaired) electrons. The van der Waals surface area contributed by atoms with Gasteiger partial charge in [-0.05, 0) is 37.8 Å². The summed E-state index contributed by atoms with van der Waals surface area (Å²) in [4.78, 5) is 77.1. The molecule has 3 aliphatic rings. The second-order valence-electron chi connectivity index (χ2n) is 9.32. The molecule has 0 saturated carbocycles. The molecule has 3 aliphatic heterocycles. The fourth-order valence-electron chi connectivity index (χ4n) is 4.74. The zero-order chi connectivity index (χ0) is 26.5. The van der Waals surface area contributed by atoms with E-state index in [1.54, 1.807) is 17.0 Å². The number of rotatable bonds is 8. The van der Waals surface area contributed by atoms with Crippen molar-refractivity contribution in [1.29, 1.82) is 0 Å². The van der Waals surface area contributed by atoms with E-state index in [0.29, 0.717) is 38.2 Å². The Balaban J connectivity index is 1.32. The standard InChI is InChI=1S/C25H31N5O7/c1-2-3-13-37-25(36)27-15-9-11-29(12-10-15)20(32)14-26-17-6-4-5-16-21(17)24(35)30(23(16)34)18-7-8-19(31)28-22(18)33/h4-6,15,18,26H,2-3,7-14H2,1H3,(H,27,36)(H,28,31,33). The SMILES string of the molecule is CCCCOC(=O)NC1CCN(C(=O)CNc2cccc3c2C(=O)N(C2CCC(=O)NC2=O)C3=O)CC1. The molecule has 0 spiro atoms. The monoisotopic (exact) mass is 513 g/mol. The maximum Gasteiger partial charge on any atom is 0.407 e. The third-order valence-electron chi connectivity index (χ3n) is 6.80. The molecule has 198 valence electrons. The summed E-state index contributed by atoms with van der Waals surface area (Å²) in [6.45, 7) is 3.24. The summed E-state index contributed by atoms with van der Waals surface area (Å²) in [7, 11) is 0. The van der Waals surface area contributed by atoms with Gasteiger partial charge in [0, 0.05) is 31.2 Å². The zero-order valence-corrected chi connectivity index (χ0v) is 20.7. The molecule has 0 aliphatic carbocycles. The van der Waals surface area contributed by atoms with Crippen molar-refractivity contribution in [3.63, 3.8) is 0 Å². The number of hydrogen-bond acceptors (Lipinski definition) is 8. The molecule has 4 rings (SSSR count). The van der Waals surface area contributed by atoms with E-state index in [-0.39, 0.29) is 42.5 Å². The van der Waals surface area contributed by atoms with Crippen LogP contribution in [0, 0.1) is 0 Å². The number of ether oxygens (including phenoxy) is 1. The number of fused-ring (bicyclic) bond motifs is 1. The first-order valence-electron chi connectivity index (χ1n) is 12.6. The number of carbonyl (C=O) groups excluding carboxylic acids is 6. The summed E-state index contributed by atoms with van der Waals surface area (Å²) in [5.41, 5.74) is 0.574.